The van der Waals surface area contributed by atoms with Crippen molar-refractivity contribution in [2.75, 3.05) is 0 Å². The number of hydrogen-bond donors (Lipinski definition) is 1. The van der Waals surface area contributed by atoms with Gasteiger partial charge in [0.05, 0.1) is 29.0 Å². The fraction of sp³-hybridized carbons (Fsp3) is 0.143. The van der Waals surface area contributed by atoms with E-state index in [0.29, 0.717) is 10.2 Å². The average Bonchev–Trinajstić information content (AvgIpc) is 3.32. The molecule has 1 aliphatic carbocycles. The maximum absolute atomic E-state index is 14.6. The summed E-state index contributed by atoms with van der Waals surface area (Å²) in [6.45, 7) is 1.57. The molecule has 7 nitrogen and oxygen atoms in total. The van der Waals surface area contributed by atoms with Crippen molar-refractivity contribution in [3.63, 3.8) is 0 Å². The van der Waals surface area contributed by atoms with Crippen molar-refractivity contribution in [1.29, 1.82) is 0 Å². The van der Waals surface area contributed by atoms with Crippen molar-refractivity contribution in [3.8, 4) is 17.0 Å². The molecule has 4 rings (SSSR count). The third kappa shape index (κ3) is 3.95. The van der Waals surface area contributed by atoms with E-state index < -0.39 is 51.6 Å². The summed E-state index contributed by atoms with van der Waals surface area (Å²) in [5.74, 6) is -3.32. The highest BCUT2D eigenvalue weighted by molar-refractivity contribution is 6.28. The molecule has 0 aromatic carbocycles. The average molecular weight is 481 g/mol. The third-order valence-corrected chi connectivity index (χ3v) is 5.21. The first-order valence-corrected chi connectivity index (χ1v) is 9.73. The number of aromatic carboxylic acids is 1. The zero-order valence-electron chi connectivity index (χ0n) is 16.6. The van der Waals surface area contributed by atoms with E-state index >= 15 is 0 Å². The van der Waals surface area contributed by atoms with Crippen LogP contribution in [0.3, 0.4) is 0 Å². The van der Waals surface area contributed by atoms with Gasteiger partial charge in [0.1, 0.15) is 17.1 Å². The summed E-state index contributed by atoms with van der Waals surface area (Å²) in [4.78, 5) is 15.9. The summed E-state index contributed by atoms with van der Waals surface area (Å²) >= 11 is 6.15. The molecule has 0 amide bonds. The molecular weight excluding hydrogens is 468 g/mol. The van der Waals surface area contributed by atoms with Crippen LogP contribution in [0.5, 0.6) is 0 Å². The fourth-order valence-electron chi connectivity index (χ4n) is 3.37. The predicted octanol–water partition coefficient (Wildman–Crippen LogP) is 5.36. The smallest absolute Gasteiger partial charge is 0.434 e. The molecule has 0 spiro atoms. The topological polar surface area (TPSA) is 94.0 Å². The Labute approximate surface area is 188 Å². The zero-order chi connectivity index (χ0) is 23.9. The summed E-state index contributed by atoms with van der Waals surface area (Å²) in [6.07, 6.45) is 3.60. The molecule has 170 valence electrons. The van der Waals surface area contributed by atoms with Crippen molar-refractivity contribution in [3.05, 3.63) is 77.3 Å². The van der Waals surface area contributed by atoms with E-state index in [0.717, 1.165) is 12.3 Å². The molecule has 3 aromatic rings. The molecule has 0 aliphatic heterocycles. The Morgan fingerprint density at radius 1 is 1.27 bits per heavy atom. The van der Waals surface area contributed by atoms with Crippen molar-refractivity contribution in [2.24, 2.45) is 0 Å². The van der Waals surface area contributed by atoms with Crippen LogP contribution in [-0.2, 0) is 6.18 Å². The Bertz CT molecular complexity index is 1340. The van der Waals surface area contributed by atoms with Gasteiger partial charge in [0, 0.05) is 11.8 Å². The Morgan fingerprint density at radius 2 is 2.03 bits per heavy atom. The Morgan fingerprint density at radius 3 is 2.70 bits per heavy atom. The molecule has 0 radical (unpaired) electrons. The SMILES string of the molecule is Cc1ccncc1-n1ncc(-c2onc(C3=C(F)C=CC=CC3Cl)c2C(=O)O)c1C(F)(F)F. The van der Waals surface area contributed by atoms with Crippen molar-refractivity contribution >= 4 is 23.1 Å². The largest absolute Gasteiger partial charge is 0.477 e. The van der Waals surface area contributed by atoms with Crippen LogP contribution in [0.4, 0.5) is 17.6 Å². The lowest BCUT2D eigenvalue weighted by Crippen LogP contribution is -2.16. The second kappa shape index (κ2) is 8.32. The lowest BCUT2D eigenvalue weighted by atomic mass is 9.99. The highest BCUT2D eigenvalue weighted by Gasteiger charge is 2.42. The van der Waals surface area contributed by atoms with Gasteiger partial charge in [-0.1, -0.05) is 23.4 Å². The van der Waals surface area contributed by atoms with E-state index in [1.807, 2.05) is 0 Å². The number of aromatic nitrogens is 4. The molecule has 3 aromatic heterocycles. The number of halogens is 5. The lowest BCUT2D eigenvalue weighted by Gasteiger charge is -2.13. The molecule has 0 fully saturated rings. The first-order chi connectivity index (χ1) is 15.6. The Hall–Kier alpha value is -3.73. The first-order valence-electron chi connectivity index (χ1n) is 9.29. The molecule has 1 unspecified atom stereocenters. The quantitative estimate of drug-likeness (QED) is 0.399. The number of allylic oxidation sites excluding steroid dienone is 6. The van der Waals surface area contributed by atoms with Gasteiger partial charge in [-0.05, 0) is 24.6 Å². The minimum absolute atomic E-state index is 0.0290. The van der Waals surface area contributed by atoms with Crippen LogP contribution in [0.25, 0.3) is 22.6 Å². The van der Waals surface area contributed by atoms with Crippen LogP contribution in [-0.4, -0.2) is 36.4 Å². The number of alkyl halides is 4. The molecular formula is C21H13ClF4N4O3. The van der Waals surface area contributed by atoms with Crippen LogP contribution < -0.4 is 0 Å². The number of carboxylic acids is 1. The molecule has 12 heteroatoms. The molecule has 3 heterocycles. The van der Waals surface area contributed by atoms with Gasteiger partial charge >= 0.3 is 12.1 Å². The van der Waals surface area contributed by atoms with E-state index in [-0.39, 0.29) is 11.3 Å². The second-order valence-corrected chi connectivity index (χ2v) is 7.40. The number of aryl methyl sites for hydroxylation is 1. The molecule has 33 heavy (non-hydrogen) atoms. The molecule has 0 bridgehead atoms. The highest BCUT2D eigenvalue weighted by atomic mass is 35.5. The maximum Gasteiger partial charge on any atom is 0.434 e. The summed E-state index contributed by atoms with van der Waals surface area (Å²) in [5, 5.41) is 16.0. The molecule has 1 N–H and O–H groups in total. The van der Waals surface area contributed by atoms with Crippen molar-refractivity contribution in [2.45, 2.75) is 18.5 Å². The van der Waals surface area contributed by atoms with Gasteiger partial charge in [-0.15, -0.1) is 11.6 Å². The summed E-state index contributed by atoms with van der Waals surface area (Å²) in [7, 11) is 0. The number of hydrogen-bond acceptors (Lipinski definition) is 5. The number of carbonyl (C=O) groups is 1. The van der Waals surface area contributed by atoms with Gasteiger partial charge < -0.3 is 9.63 Å². The number of rotatable bonds is 4. The molecule has 0 saturated carbocycles. The minimum atomic E-state index is -4.97. The fourth-order valence-corrected chi connectivity index (χ4v) is 3.66. The number of pyridine rings is 1. The van der Waals surface area contributed by atoms with Crippen LogP contribution in [0, 0.1) is 6.92 Å². The van der Waals surface area contributed by atoms with Crippen LogP contribution in [0.1, 0.15) is 27.3 Å². The van der Waals surface area contributed by atoms with E-state index in [1.54, 1.807) is 6.92 Å². The summed E-state index contributed by atoms with van der Waals surface area (Å²) in [5.41, 5.74) is -3.17. The maximum atomic E-state index is 14.6. The van der Waals surface area contributed by atoms with Crippen LogP contribution in [0.2, 0.25) is 0 Å². The van der Waals surface area contributed by atoms with Crippen molar-refractivity contribution < 1.29 is 32.0 Å². The zero-order valence-corrected chi connectivity index (χ0v) is 17.4. The number of carboxylic acid groups (broad SMARTS) is 1. The summed E-state index contributed by atoms with van der Waals surface area (Å²) in [6, 6.07) is 1.50. The molecule has 0 saturated heterocycles. The highest BCUT2D eigenvalue weighted by Crippen LogP contribution is 2.42. The van der Waals surface area contributed by atoms with Gasteiger partial charge in [0.25, 0.3) is 0 Å². The lowest BCUT2D eigenvalue weighted by molar-refractivity contribution is -0.142. The van der Waals surface area contributed by atoms with Gasteiger partial charge in [-0.3, -0.25) is 4.98 Å². The first kappa shape index (κ1) is 22.5. The van der Waals surface area contributed by atoms with E-state index in [2.05, 4.69) is 15.2 Å². The van der Waals surface area contributed by atoms with E-state index in [1.165, 1.54) is 36.7 Å². The predicted molar refractivity (Wildman–Crippen MR) is 110 cm³/mol. The molecule has 1 atom stereocenters. The van der Waals surface area contributed by atoms with Gasteiger partial charge in [0.15, 0.2) is 11.5 Å². The standard InChI is InChI=1S/C21H13ClF4N4O3/c1-10-6-7-27-9-14(10)30-19(21(24,25)26)11(8-28-30)18-16(20(31)32)17(29-33-18)15-12(22)4-2-3-5-13(15)23/h2-9,12H,1H3,(H,31,32). The van der Waals surface area contributed by atoms with Crippen LogP contribution in [0.15, 0.2) is 59.3 Å². The second-order valence-electron chi connectivity index (χ2n) is 6.93. The number of nitrogens with zero attached hydrogens (tertiary/aromatic N) is 4. The minimum Gasteiger partial charge on any atom is -0.477 e. The Kier molecular flexibility index (Phi) is 5.66. The normalized spacial score (nSPS) is 16.4. The van der Waals surface area contributed by atoms with E-state index in [4.69, 9.17) is 16.1 Å². The Balaban J connectivity index is 1.99. The summed E-state index contributed by atoms with van der Waals surface area (Å²) < 4.78 is 62.6. The third-order valence-electron chi connectivity index (χ3n) is 4.85. The van der Waals surface area contributed by atoms with Gasteiger partial charge in [-0.2, -0.15) is 18.3 Å². The monoisotopic (exact) mass is 480 g/mol. The van der Waals surface area contributed by atoms with Crippen molar-refractivity contribution in [1.82, 2.24) is 19.9 Å². The van der Waals surface area contributed by atoms with Crippen LogP contribution >= 0.6 is 11.6 Å². The molecule has 1 aliphatic rings. The van der Waals surface area contributed by atoms with E-state index in [9.17, 15) is 27.5 Å². The van der Waals surface area contributed by atoms with Gasteiger partial charge in [-0.25, -0.2) is 13.9 Å². The van der Waals surface area contributed by atoms with Gasteiger partial charge in [0.2, 0.25) is 0 Å².